The molecule has 0 unspecified atom stereocenters. The second kappa shape index (κ2) is 14.0. The van der Waals surface area contributed by atoms with Gasteiger partial charge in [-0.15, -0.1) is 6.58 Å². The van der Waals surface area contributed by atoms with Crippen LogP contribution in [0, 0.1) is 35.5 Å². The molecule has 242 valence electrons. The molecule has 5 N–H and O–H groups in total. The molecular formula is C28H40O15. The lowest BCUT2D eigenvalue weighted by Crippen LogP contribution is -2.60. The number of aliphatic hydroxyl groups is 5. The van der Waals surface area contributed by atoms with E-state index in [1.165, 1.54) is 13.2 Å². The van der Waals surface area contributed by atoms with Gasteiger partial charge in [0, 0.05) is 11.8 Å². The molecule has 14 atom stereocenters. The SMILES string of the molecule is C=C[C@H]1[C@H](O[C@@H]2O[C@H](CO)[C@@H](O)[C@H](O)[C@H]2O)OC=C(C(=O)OC)[C@H]1CC(=O)O[C@@H]1C[C@H]2[C@H](CO[C@@H](O)[C@@H]2C(=O)OC)[C@H]1C. The molecule has 4 aliphatic rings. The van der Waals surface area contributed by atoms with Crippen molar-refractivity contribution in [2.24, 2.45) is 35.5 Å². The second-order valence-corrected chi connectivity index (χ2v) is 11.2. The van der Waals surface area contributed by atoms with Crippen LogP contribution in [0.25, 0.3) is 0 Å². The molecule has 0 aromatic rings. The van der Waals surface area contributed by atoms with Gasteiger partial charge >= 0.3 is 17.9 Å². The second-order valence-electron chi connectivity index (χ2n) is 11.2. The highest BCUT2D eigenvalue weighted by Gasteiger charge is 2.54. The van der Waals surface area contributed by atoms with Gasteiger partial charge in [-0.05, 0) is 24.2 Å². The minimum Gasteiger partial charge on any atom is -0.471 e. The van der Waals surface area contributed by atoms with Crippen molar-refractivity contribution in [3.05, 3.63) is 24.5 Å². The van der Waals surface area contributed by atoms with Crippen molar-refractivity contribution in [3.63, 3.8) is 0 Å². The summed E-state index contributed by atoms with van der Waals surface area (Å²) in [6, 6.07) is 0. The van der Waals surface area contributed by atoms with Crippen LogP contribution in [-0.4, -0.2) is 120 Å². The topological polar surface area (TPSA) is 217 Å². The summed E-state index contributed by atoms with van der Waals surface area (Å²) < 4.78 is 37.8. The predicted molar refractivity (Wildman–Crippen MR) is 140 cm³/mol. The molecule has 0 amide bonds. The van der Waals surface area contributed by atoms with E-state index in [1.807, 2.05) is 6.92 Å². The molecule has 0 spiro atoms. The zero-order valence-corrected chi connectivity index (χ0v) is 24.1. The van der Waals surface area contributed by atoms with E-state index in [2.05, 4.69) is 6.58 Å². The molecule has 0 bridgehead atoms. The van der Waals surface area contributed by atoms with Crippen LogP contribution in [-0.2, 0) is 47.5 Å². The first kappa shape index (κ1) is 33.3. The minimum atomic E-state index is -1.72. The van der Waals surface area contributed by atoms with E-state index in [9.17, 15) is 39.9 Å². The number of hydrogen-bond donors (Lipinski definition) is 5. The van der Waals surface area contributed by atoms with E-state index in [-0.39, 0.29) is 36.4 Å². The highest BCUT2D eigenvalue weighted by Crippen LogP contribution is 2.47. The first-order valence-corrected chi connectivity index (χ1v) is 14.1. The summed E-state index contributed by atoms with van der Waals surface area (Å²) in [5.74, 6) is -5.53. The van der Waals surface area contributed by atoms with Gasteiger partial charge in [-0.1, -0.05) is 13.0 Å². The van der Waals surface area contributed by atoms with Crippen molar-refractivity contribution in [3.8, 4) is 0 Å². The van der Waals surface area contributed by atoms with Crippen LogP contribution in [0.3, 0.4) is 0 Å². The van der Waals surface area contributed by atoms with Gasteiger partial charge in [0.15, 0.2) is 12.6 Å². The Morgan fingerprint density at radius 1 is 1.05 bits per heavy atom. The average molecular weight is 617 g/mol. The van der Waals surface area contributed by atoms with Crippen molar-refractivity contribution in [1.82, 2.24) is 0 Å². The lowest BCUT2D eigenvalue weighted by atomic mass is 9.79. The van der Waals surface area contributed by atoms with Gasteiger partial charge in [-0.25, -0.2) is 4.79 Å². The summed E-state index contributed by atoms with van der Waals surface area (Å²) in [6.45, 7) is 5.15. The molecule has 3 fully saturated rings. The molecule has 3 aliphatic heterocycles. The van der Waals surface area contributed by atoms with E-state index >= 15 is 0 Å². The number of aliphatic hydroxyl groups excluding tert-OH is 5. The van der Waals surface area contributed by atoms with Crippen molar-refractivity contribution in [1.29, 1.82) is 0 Å². The number of methoxy groups -OCH3 is 2. The Morgan fingerprint density at radius 2 is 1.77 bits per heavy atom. The number of esters is 3. The fourth-order valence-corrected chi connectivity index (χ4v) is 6.50. The van der Waals surface area contributed by atoms with Crippen LogP contribution in [0.1, 0.15) is 19.8 Å². The van der Waals surface area contributed by atoms with Crippen LogP contribution in [0.2, 0.25) is 0 Å². The zero-order chi connectivity index (χ0) is 31.6. The fraction of sp³-hybridized carbons (Fsp3) is 0.750. The molecule has 15 nitrogen and oxygen atoms in total. The highest BCUT2D eigenvalue weighted by atomic mass is 16.8. The molecule has 43 heavy (non-hydrogen) atoms. The Bertz CT molecular complexity index is 1060. The Kier molecular flexibility index (Phi) is 10.8. The Morgan fingerprint density at radius 3 is 2.40 bits per heavy atom. The van der Waals surface area contributed by atoms with Gasteiger partial charge in [-0.3, -0.25) is 9.59 Å². The van der Waals surface area contributed by atoms with Crippen LogP contribution >= 0.6 is 0 Å². The third-order valence-electron chi connectivity index (χ3n) is 9.00. The van der Waals surface area contributed by atoms with Gasteiger partial charge in [0.05, 0.1) is 45.7 Å². The molecule has 0 aromatic heterocycles. The summed E-state index contributed by atoms with van der Waals surface area (Å²) in [5, 5.41) is 50.4. The maximum absolute atomic E-state index is 13.3. The maximum atomic E-state index is 13.3. The minimum absolute atomic E-state index is 0.00609. The molecule has 3 heterocycles. The number of carbonyl (C=O) groups is 3. The van der Waals surface area contributed by atoms with E-state index < -0.39 is 91.7 Å². The third kappa shape index (κ3) is 6.59. The van der Waals surface area contributed by atoms with Gasteiger partial charge in [-0.2, -0.15) is 0 Å². The number of fused-ring (bicyclic) bond motifs is 1. The highest BCUT2D eigenvalue weighted by molar-refractivity contribution is 5.90. The Labute approximate surface area is 247 Å². The van der Waals surface area contributed by atoms with Crippen molar-refractivity contribution >= 4 is 17.9 Å². The number of carbonyl (C=O) groups excluding carboxylic acids is 3. The molecule has 15 heteroatoms. The third-order valence-corrected chi connectivity index (χ3v) is 9.00. The standard InChI is InChI=1S/C28H40O15/c1-5-12-13(7-19(30)41-17-6-14-15(11(17)2)9-39-26(36)20(14)25(35)38-4)16(24(34)37-3)10-40-27(12)43-28-23(33)22(32)21(31)18(8-29)42-28/h5,10-15,17-18,20-23,26-29,31-33,36H,1,6-9H2,2-4H3/t11-,12-,13+,14+,15-,17-,18-,20+,21-,22+,23-,26-,27+,28+/m1/s1. The molecule has 1 saturated carbocycles. The summed E-state index contributed by atoms with van der Waals surface area (Å²) in [7, 11) is 2.38. The lowest BCUT2D eigenvalue weighted by Gasteiger charge is -2.43. The average Bonchev–Trinajstić information content (AvgIpc) is 3.30. The first-order valence-electron chi connectivity index (χ1n) is 14.1. The molecule has 2 saturated heterocycles. The quantitative estimate of drug-likeness (QED) is 0.111. The lowest BCUT2D eigenvalue weighted by molar-refractivity contribution is -0.339. The molecule has 1 aliphatic carbocycles. The Balaban J connectivity index is 1.49. The normalized spacial score (nSPS) is 42.6. The van der Waals surface area contributed by atoms with Gasteiger partial charge < -0.3 is 58.7 Å². The largest absolute Gasteiger partial charge is 0.471 e. The maximum Gasteiger partial charge on any atom is 0.337 e. The van der Waals surface area contributed by atoms with Gasteiger partial charge in [0.1, 0.15) is 36.4 Å². The van der Waals surface area contributed by atoms with Crippen LogP contribution in [0.5, 0.6) is 0 Å². The summed E-state index contributed by atoms with van der Waals surface area (Å²) in [5.41, 5.74) is -0.00609. The van der Waals surface area contributed by atoms with Gasteiger partial charge in [0.25, 0.3) is 0 Å². The molecular weight excluding hydrogens is 576 g/mol. The summed E-state index contributed by atoms with van der Waals surface area (Å²) in [4.78, 5) is 38.3. The smallest absolute Gasteiger partial charge is 0.337 e. The predicted octanol–water partition coefficient (Wildman–Crippen LogP) is -1.65. The number of rotatable bonds is 9. The van der Waals surface area contributed by atoms with Crippen LogP contribution in [0.15, 0.2) is 24.5 Å². The summed E-state index contributed by atoms with van der Waals surface area (Å²) >= 11 is 0. The number of hydrogen-bond acceptors (Lipinski definition) is 15. The van der Waals surface area contributed by atoms with E-state index in [0.717, 1.165) is 13.4 Å². The van der Waals surface area contributed by atoms with Crippen LogP contribution in [0.4, 0.5) is 0 Å². The van der Waals surface area contributed by atoms with Crippen molar-refractivity contribution in [2.45, 2.75) is 69.2 Å². The van der Waals surface area contributed by atoms with Crippen molar-refractivity contribution < 1.29 is 73.1 Å². The Hall–Kier alpha value is -2.63. The van der Waals surface area contributed by atoms with Crippen molar-refractivity contribution in [2.75, 3.05) is 27.4 Å². The fourth-order valence-electron chi connectivity index (χ4n) is 6.50. The monoisotopic (exact) mass is 616 g/mol. The van der Waals surface area contributed by atoms with Gasteiger partial charge in [0.2, 0.25) is 6.29 Å². The zero-order valence-electron chi connectivity index (χ0n) is 24.1. The molecule has 0 aromatic carbocycles. The molecule has 0 radical (unpaired) electrons. The number of ether oxygens (including phenoxy) is 7. The van der Waals surface area contributed by atoms with E-state index in [1.54, 1.807) is 0 Å². The summed E-state index contributed by atoms with van der Waals surface area (Å²) in [6.07, 6.45) is -8.63. The van der Waals surface area contributed by atoms with Crippen LogP contribution < -0.4 is 0 Å². The van der Waals surface area contributed by atoms with E-state index in [4.69, 9.17) is 33.2 Å². The molecule has 4 rings (SSSR count). The first-order chi connectivity index (χ1) is 20.5. The van der Waals surface area contributed by atoms with E-state index in [0.29, 0.717) is 6.42 Å².